The van der Waals surface area contributed by atoms with Gasteiger partial charge in [0.25, 0.3) is 5.91 Å². The third-order valence-electron chi connectivity index (χ3n) is 7.15. The fourth-order valence-corrected chi connectivity index (χ4v) is 4.82. The quantitative estimate of drug-likeness (QED) is 0.144. The minimum atomic E-state index is -0.699. The summed E-state index contributed by atoms with van der Waals surface area (Å²) in [6, 6.07) is 20.6. The number of nitrogens with zero attached hydrogens (tertiary/aromatic N) is 2. The molecule has 41 heavy (non-hydrogen) atoms. The molecule has 9 nitrogen and oxygen atoms in total. The van der Waals surface area contributed by atoms with Gasteiger partial charge in [0.1, 0.15) is 11.9 Å². The van der Waals surface area contributed by atoms with E-state index in [4.69, 9.17) is 5.11 Å². The Bertz CT molecular complexity index is 1410. The van der Waals surface area contributed by atoms with Crippen LogP contribution in [0.4, 0.5) is 0 Å². The van der Waals surface area contributed by atoms with Crippen LogP contribution in [0.5, 0.6) is 0 Å². The second kappa shape index (κ2) is 15.1. The highest BCUT2D eigenvalue weighted by Gasteiger charge is 2.23. The summed E-state index contributed by atoms with van der Waals surface area (Å²) < 4.78 is 1.97. The molecule has 0 spiro atoms. The molecule has 2 atom stereocenters. The number of benzene rings is 3. The number of aliphatic hydroxyl groups excluding tert-OH is 1. The van der Waals surface area contributed by atoms with Gasteiger partial charge in [0, 0.05) is 38.1 Å². The highest BCUT2D eigenvalue weighted by atomic mass is 16.3. The molecular weight excluding hydrogens is 516 g/mol. The number of aromatic nitrogens is 2. The molecule has 0 bridgehead atoms. The van der Waals surface area contributed by atoms with Crippen molar-refractivity contribution in [1.82, 2.24) is 30.8 Å². The largest absolute Gasteiger partial charge is 0.395 e. The number of hydrogen-bond donors (Lipinski definition) is 5. The summed E-state index contributed by atoms with van der Waals surface area (Å²) in [5, 5.41) is 23.8. The van der Waals surface area contributed by atoms with Gasteiger partial charge in [-0.1, -0.05) is 54.6 Å². The van der Waals surface area contributed by atoms with Crippen molar-refractivity contribution in [2.24, 2.45) is 7.05 Å². The molecule has 3 aromatic carbocycles. The van der Waals surface area contributed by atoms with E-state index in [9.17, 15) is 9.59 Å². The van der Waals surface area contributed by atoms with Gasteiger partial charge in [-0.15, -0.1) is 0 Å². The number of nitrogens with one attached hydrogen (secondary N) is 4. The molecule has 4 rings (SSSR count). The second-order valence-corrected chi connectivity index (χ2v) is 10.2. The molecule has 5 N–H and O–H groups in total. The van der Waals surface area contributed by atoms with Gasteiger partial charge < -0.3 is 30.9 Å². The standard InChI is InChI=1S/C32H40N6O3/c1-23(27-10-5-8-25-7-3-4-9-28(25)27)36-32(41)29(11-6-16-33-18-20-39)37-31(40)26-14-12-24(13-15-26)21-34-22-30-35-17-19-38(30)2/h3-5,7-10,12-15,17,19,23,29,33-34,39H,6,11,16,18,20-22H2,1-2H3,(H,36,41)(H,37,40)/t23-,29-/m0/s1. The third kappa shape index (κ3) is 8.47. The molecule has 0 aliphatic rings. The van der Waals surface area contributed by atoms with Crippen molar-refractivity contribution in [3.63, 3.8) is 0 Å². The molecule has 0 saturated heterocycles. The molecule has 0 aliphatic heterocycles. The van der Waals surface area contributed by atoms with Crippen LogP contribution in [0.15, 0.2) is 79.1 Å². The smallest absolute Gasteiger partial charge is 0.251 e. The molecule has 0 aliphatic carbocycles. The van der Waals surface area contributed by atoms with E-state index < -0.39 is 6.04 Å². The Morgan fingerprint density at radius 1 is 0.927 bits per heavy atom. The summed E-state index contributed by atoms with van der Waals surface area (Å²) in [6.45, 7) is 4.43. The lowest BCUT2D eigenvalue weighted by atomic mass is 9.99. The van der Waals surface area contributed by atoms with E-state index in [1.54, 1.807) is 18.3 Å². The van der Waals surface area contributed by atoms with Gasteiger partial charge in [-0.3, -0.25) is 9.59 Å². The van der Waals surface area contributed by atoms with Gasteiger partial charge >= 0.3 is 0 Å². The Hall–Kier alpha value is -4.05. The van der Waals surface area contributed by atoms with Crippen LogP contribution in [0.2, 0.25) is 0 Å². The Labute approximate surface area is 241 Å². The van der Waals surface area contributed by atoms with Crippen LogP contribution in [0.1, 0.15) is 53.1 Å². The number of carbonyl (C=O) groups is 2. The molecule has 4 aromatic rings. The van der Waals surface area contributed by atoms with E-state index in [1.807, 2.05) is 61.1 Å². The molecule has 9 heteroatoms. The van der Waals surface area contributed by atoms with Gasteiger partial charge in [0.15, 0.2) is 0 Å². The highest BCUT2D eigenvalue weighted by Crippen LogP contribution is 2.24. The van der Waals surface area contributed by atoms with Crippen molar-refractivity contribution >= 4 is 22.6 Å². The normalized spacial score (nSPS) is 12.7. The minimum Gasteiger partial charge on any atom is -0.395 e. The number of aryl methyl sites for hydroxylation is 1. The summed E-state index contributed by atoms with van der Waals surface area (Å²) in [7, 11) is 1.96. The topological polar surface area (TPSA) is 120 Å². The zero-order valence-electron chi connectivity index (χ0n) is 23.8. The molecule has 0 radical (unpaired) electrons. The zero-order valence-corrected chi connectivity index (χ0v) is 23.8. The summed E-state index contributed by atoms with van der Waals surface area (Å²) in [5.41, 5.74) is 2.57. The fourth-order valence-electron chi connectivity index (χ4n) is 4.82. The number of fused-ring (bicyclic) bond motifs is 1. The summed E-state index contributed by atoms with van der Waals surface area (Å²) >= 11 is 0. The van der Waals surface area contributed by atoms with E-state index in [2.05, 4.69) is 44.5 Å². The van der Waals surface area contributed by atoms with E-state index in [0.29, 0.717) is 44.6 Å². The highest BCUT2D eigenvalue weighted by molar-refractivity contribution is 5.97. The second-order valence-electron chi connectivity index (χ2n) is 10.2. The van der Waals surface area contributed by atoms with Crippen molar-refractivity contribution in [2.45, 2.75) is 44.9 Å². The molecule has 0 saturated carbocycles. The number of rotatable bonds is 15. The van der Waals surface area contributed by atoms with Crippen molar-refractivity contribution < 1.29 is 14.7 Å². The van der Waals surface area contributed by atoms with E-state index >= 15 is 0 Å². The maximum atomic E-state index is 13.4. The summed E-state index contributed by atoms with van der Waals surface area (Å²) in [5.74, 6) is 0.432. The van der Waals surface area contributed by atoms with Gasteiger partial charge in [0.2, 0.25) is 5.91 Å². The average molecular weight is 557 g/mol. The first-order valence-electron chi connectivity index (χ1n) is 14.1. The number of amides is 2. The maximum absolute atomic E-state index is 13.4. The molecule has 1 aromatic heterocycles. The van der Waals surface area contributed by atoms with E-state index in [1.165, 1.54) is 0 Å². The lowest BCUT2D eigenvalue weighted by Crippen LogP contribution is -2.47. The van der Waals surface area contributed by atoms with Gasteiger partial charge in [0.05, 0.1) is 19.2 Å². The van der Waals surface area contributed by atoms with E-state index in [0.717, 1.165) is 27.7 Å². The van der Waals surface area contributed by atoms with Crippen LogP contribution in [0.25, 0.3) is 10.8 Å². The predicted molar refractivity (Wildman–Crippen MR) is 161 cm³/mol. The van der Waals surface area contributed by atoms with Gasteiger partial charge in [-0.2, -0.15) is 0 Å². The zero-order chi connectivity index (χ0) is 29.0. The first kappa shape index (κ1) is 29.9. The maximum Gasteiger partial charge on any atom is 0.251 e. The van der Waals surface area contributed by atoms with Crippen LogP contribution in [-0.4, -0.2) is 52.2 Å². The fraction of sp³-hybridized carbons (Fsp3) is 0.344. The predicted octanol–water partition coefficient (Wildman–Crippen LogP) is 3.20. The molecule has 1 heterocycles. The number of imidazole rings is 1. The first-order valence-corrected chi connectivity index (χ1v) is 14.1. The third-order valence-corrected chi connectivity index (χ3v) is 7.15. The molecule has 2 amide bonds. The lowest BCUT2D eigenvalue weighted by molar-refractivity contribution is -0.123. The number of carbonyl (C=O) groups excluding carboxylic acids is 2. The molecule has 0 fully saturated rings. The number of aliphatic hydroxyl groups is 1. The Morgan fingerprint density at radius 3 is 2.46 bits per heavy atom. The van der Waals surface area contributed by atoms with E-state index in [-0.39, 0.29) is 24.5 Å². The monoisotopic (exact) mass is 556 g/mol. The van der Waals surface area contributed by atoms with Crippen LogP contribution >= 0.6 is 0 Å². The Kier molecular flexibility index (Phi) is 11.0. The molecular formula is C32H40N6O3. The van der Waals surface area contributed by atoms with Gasteiger partial charge in [-0.25, -0.2) is 4.98 Å². The average Bonchev–Trinajstić information content (AvgIpc) is 3.40. The first-order chi connectivity index (χ1) is 20.0. The van der Waals surface area contributed by atoms with Crippen LogP contribution in [0, 0.1) is 0 Å². The van der Waals surface area contributed by atoms with Crippen LogP contribution in [-0.2, 0) is 24.9 Å². The van der Waals surface area contributed by atoms with Crippen LogP contribution in [0.3, 0.4) is 0 Å². The Balaban J connectivity index is 1.38. The van der Waals surface area contributed by atoms with Gasteiger partial charge in [-0.05, 0) is 60.3 Å². The van der Waals surface area contributed by atoms with Crippen molar-refractivity contribution in [1.29, 1.82) is 0 Å². The molecule has 216 valence electrons. The Morgan fingerprint density at radius 2 is 1.71 bits per heavy atom. The van der Waals surface area contributed by atoms with Crippen molar-refractivity contribution in [2.75, 3.05) is 19.7 Å². The number of hydrogen-bond acceptors (Lipinski definition) is 6. The summed E-state index contributed by atoms with van der Waals surface area (Å²) in [4.78, 5) is 30.9. The molecule has 0 unspecified atom stereocenters. The summed E-state index contributed by atoms with van der Waals surface area (Å²) in [6.07, 6.45) is 4.82. The van der Waals surface area contributed by atoms with Crippen molar-refractivity contribution in [3.8, 4) is 0 Å². The van der Waals surface area contributed by atoms with Crippen molar-refractivity contribution in [3.05, 3.63) is 102 Å². The van der Waals surface area contributed by atoms with Crippen LogP contribution < -0.4 is 21.3 Å². The minimum absolute atomic E-state index is 0.0533. The SMILES string of the molecule is C[C@H](NC(=O)[C@H](CCCNCCO)NC(=O)c1ccc(CNCc2nccn2C)cc1)c1cccc2ccccc12. The lowest BCUT2D eigenvalue weighted by Gasteiger charge is -2.23.